The molecule has 16 heavy (non-hydrogen) atoms. The molecule has 1 aromatic carbocycles. The first-order valence-electron chi connectivity index (χ1n) is 5.65. The van der Waals surface area contributed by atoms with E-state index in [-0.39, 0.29) is 6.10 Å². The van der Waals surface area contributed by atoms with Crippen LogP contribution >= 0.6 is 0 Å². The van der Waals surface area contributed by atoms with Crippen molar-refractivity contribution in [3.05, 3.63) is 29.8 Å². The van der Waals surface area contributed by atoms with Gasteiger partial charge in [-0.2, -0.15) is 0 Å². The number of aliphatic hydroxyl groups is 1. The molecule has 0 amide bonds. The molecular weight excluding hydrogens is 204 g/mol. The Balaban J connectivity index is 2.38. The van der Waals surface area contributed by atoms with Gasteiger partial charge in [-0.3, -0.25) is 0 Å². The lowest BCUT2D eigenvalue weighted by molar-refractivity contribution is 0.104. The minimum Gasteiger partial charge on any atom is -0.491 e. The molecule has 1 aromatic rings. The molecule has 0 radical (unpaired) electrons. The Morgan fingerprint density at radius 3 is 2.50 bits per heavy atom. The zero-order valence-electron chi connectivity index (χ0n) is 9.98. The van der Waals surface area contributed by atoms with Crippen molar-refractivity contribution in [3.8, 4) is 5.75 Å². The molecule has 0 unspecified atom stereocenters. The second-order valence-electron chi connectivity index (χ2n) is 3.76. The van der Waals surface area contributed by atoms with E-state index in [1.165, 1.54) is 5.56 Å². The second-order valence-corrected chi connectivity index (χ2v) is 3.76. The molecule has 0 spiro atoms. The lowest BCUT2D eigenvalue weighted by Gasteiger charge is -2.10. The largest absolute Gasteiger partial charge is 0.491 e. The van der Waals surface area contributed by atoms with Crippen molar-refractivity contribution >= 4 is 0 Å². The van der Waals surface area contributed by atoms with Crippen LogP contribution in [0, 0.1) is 0 Å². The smallest absolute Gasteiger partial charge is 0.119 e. The Morgan fingerprint density at radius 2 is 1.94 bits per heavy atom. The van der Waals surface area contributed by atoms with Gasteiger partial charge in [0.25, 0.3) is 0 Å². The summed E-state index contributed by atoms with van der Waals surface area (Å²) in [5.41, 5.74) is 1.23. The van der Waals surface area contributed by atoms with E-state index >= 15 is 0 Å². The zero-order chi connectivity index (χ0) is 11.8. The van der Waals surface area contributed by atoms with Gasteiger partial charge in [0.05, 0.1) is 12.7 Å². The number of aliphatic hydroxyl groups excluding tert-OH is 1. The molecule has 0 saturated carbocycles. The van der Waals surface area contributed by atoms with Gasteiger partial charge >= 0.3 is 0 Å². The summed E-state index contributed by atoms with van der Waals surface area (Å²) < 4.78 is 10.4. The van der Waals surface area contributed by atoms with Crippen LogP contribution in [-0.2, 0) is 11.2 Å². The lowest BCUT2D eigenvalue weighted by atomic mass is 10.1. The maximum atomic E-state index is 9.35. The van der Waals surface area contributed by atoms with Crippen molar-refractivity contribution < 1.29 is 14.6 Å². The Kier molecular flexibility index (Phi) is 5.90. The van der Waals surface area contributed by atoms with Gasteiger partial charge in [0, 0.05) is 7.11 Å². The fourth-order valence-corrected chi connectivity index (χ4v) is 1.28. The van der Waals surface area contributed by atoms with E-state index in [2.05, 4.69) is 0 Å². The molecular formula is C13H20O3. The molecule has 0 aromatic heterocycles. The van der Waals surface area contributed by atoms with Crippen molar-refractivity contribution in [2.45, 2.75) is 25.9 Å². The Hall–Kier alpha value is -1.06. The summed E-state index contributed by atoms with van der Waals surface area (Å²) in [6, 6.07) is 7.89. The van der Waals surface area contributed by atoms with E-state index < -0.39 is 0 Å². The average Bonchev–Trinajstić information content (AvgIpc) is 2.34. The lowest BCUT2D eigenvalue weighted by Crippen LogP contribution is -2.15. The average molecular weight is 224 g/mol. The molecule has 1 N–H and O–H groups in total. The third kappa shape index (κ3) is 4.64. The normalized spacial score (nSPS) is 12.4. The van der Waals surface area contributed by atoms with E-state index in [1.807, 2.05) is 31.2 Å². The molecule has 0 fully saturated rings. The van der Waals surface area contributed by atoms with Crippen LogP contribution in [0.15, 0.2) is 24.3 Å². The van der Waals surface area contributed by atoms with E-state index in [4.69, 9.17) is 9.47 Å². The Labute approximate surface area is 97.0 Å². The van der Waals surface area contributed by atoms with Crippen LogP contribution in [-0.4, -0.2) is 31.5 Å². The quantitative estimate of drug-likeness (QED) is 0.770. The van der Waals surface area contributed by atoms with Crippen LogP contribution in [0.3, 0.4) is 0 Å². The summed E-state index contributed by atoms with van der Waals surface area (Å²) in [6.07, 6.45) is 1.24. The van der Waals surface area contributed by atoms with Gasteiger partial charge in [0.1, 0.15) is 12.4 Å². The van der Waals surface area contributed by atoms with Crippen LogP contribution in [0.1, 0.15) is 18.9 Å². The van der Waals surface area contributed by atoms with Crippen LogP contribution < -0.4 is 4.74 Å². The highest BCUT2D eigenvalue weighted by molar-refractivity contribution is 5.27. The van der Waals surface area contributed by atoms with Crippen molar-refractivity contribution in [2.24, 2.45) is 0 Å². The highest BCUT2D eigenvalue weighted by Crippen LogP contribution is 2.13. The minimum atomic E-state index is -0.381. The van der Waals surface area contributed by atoms with Crippen molar-refractivity contribution in [1.29, 1.82) is 0 Å². The predicted molar refractivity (Wildman–Crippen MR) is 63.8 cm³/mol. The first-order chi connectivity index (χ1) is 7.76. The third-order valence-corrected chi connectivity index (χ3v) is 2.43. The zero-order valence-corrected chi connectivity index (χ0v) is 9.98. The van der Waals surface area contributed by atoms with Gasteiger partial charge in [0.15, 0.2) is 0 Å². The van der Waals surface area contributed by atoms with Gasteiger partial charge in [0.2, 0.25) is 0 Å². The molecule has 0 aliphatic heterocycles. The molecule has 0 saturated heterocycles. The molecule has 3 nitrogen and oxygen atoms in total. The monoisotopic (exact) mass is 224 g/mol. The Bertz CT molecular complexity index is 282. The third-order valence-electron chi connectivity index (χ3n) is 2.43. The maximum absolute atomic E-state index is 9.35. The van der Waals surface area contributed by atoms with E-state index in [0.717, 1.165) is 18.8 Å². The van der Waals surface area contributed by atoms with Crippen molar-refractivity contribution in [2.75, 3.05) is 20.3 Å². The summed E-state index contributed by atoms with van der Waals surface area (Å²) in [6.45, 7) is 3.02. The molecule has 0 aliphatic carbocycles. The number of hydrogen-bond acceptors (Lipinski definition) is 3. The standard InChI is InChI=1S/C13H20O3/c1-3-12(14)10-16-13-6-4-11(5-7-13)8-9-15-2/h4-7,12,14H,3,8-10H2,1-2H3/t12-/m0/s1. The van der Waals surface area contributed by atoms with Crippen molar-refractivity contribution in [3.63, 3.8) is 0 Å². The minimum absolute atomic E-state index is 0.355. The highest BCUT2D eigenvalue weighted by Gasteiger charge is 2.01. The fraction of sp³-hybridized carbons (Fsp3) is 0.538. The fourth-order valence-electron chi connectivity index (χ4n) is 1.28. The molecule has 1 atom stereocenters. The summed E-state index contributed by atoms with van der Waals surface area (Å²) in [4.78, 5) is 0. The molecule has 0 heterocycles. The summed E-state index contributed by atoms with van der Waals surface area (Å²) in [7, 11) is 1.70. The number of rotatable bonds is 7. The molecule has 90 valence electrons. The molecule has 3 heteroatoms. The van der Waals surface area contributed by atoms with Crippen LogP contribution in [0.5, 0.6) is 5.75 Å². The topological polar surface area (TPSA) is 38.7 Å². The summed E-state index contributed by atoms with van der Waals surface area (Å²) in [5, 5.41) is 9.35. The van der Waals surface area contributed by atoms with Gasteiger partial charge in [-0.1, -0.05) is 19.1 Å². The number of methoxy groups -OCH3 is 1. The second kappa shape index (κ2) is 7.25. The van der Waals surface area contributed by atoms with Crippen molar-refractivity contribution in [1.82, 2.24) is 0 Å². The SMILES string of the molecule is CC[C@H](O)COc1ccc(CCOC)cc1. The number of ether oxygens (including phenoxy) is 2. The van der Waals surface area contributed by atoms with Gasteiger partial charge < -0.3 is 14.6 Å². The Morgan fingerprint density at radius 1 is 1.25 bits per heavy atom. The van der Waals surface area contributed by atoms with Crippen LogP contribution in [0.2, 0.25) is 0 Å². The summed E-state index contributed by atoms with van der Waals surface area (Å²) in [5.74, 6) is 0.800. The van der Waals surface area contributed by atoms with Crippen LogP contribution in [0.25, 0.3) is 0 Å². The first kappa shape index (κ1) is 13.0. The maximum Gasteiger partial charge on any atom is 0.119 e. The highest BCUT2D eigenvalue weighted by atomic mass is 16.5. The van der Waals surface area contributed by atoms with Crippen LogP contribution in [0.4, 0.5) is 0 Å². The van der Waals surface area contributed by atoms with E-state index in [9.17, 15) is 5.11 Å². The molecule has 1 rings (SSSR count). The first-order valence-corrected chi connectivity index (χ1v) is 5.65. The van der Waals surface area contributed by atoms with E-state index in [1.54, 1.807) is 7.11 Å². The van der Waals surface area contributed by atoms with E-state index in [0.29, 0.717) is 13.0 Å². The number of hydrogen-bond donors (Lipinski definition) is 1. The summed E-state index contributed by atoms with van der Waals surface area (Å²) >= 11 is 0. The molecule has 0 aliphatic rings. The van der Waals surface area contributed by atoms with Gasteiger partial charge in [-0.15, -0.1) is 0 Å². The van der Waals surface area contributed by atoms with Gasteiger partial charge in [-0.25, -0.2) is 0 Å². The predicted octanol–water partition coefficient (Wildman–Crippen LogP) is 2.03. The van der Waals surface area contributed by atoms with Gasteiger partial charge in [-0.05, 0) is 30.5 Å². The molecule has 0 bridgehead atoms. The number of benzene rings is 1.